The fourth-order valence-electron chi connectivity index (χ4n) is 1.52. The standard InChI is InChI=1S/C13H16N2O4/c1-19-12(17)8-4-7-11(16)15-10-6-3-2-5-9(10)13(14)18/h2-3,5-6H,4,7-8H2,1H3,(H2,14,18)(H,15,16). The predicted molar refractivity (Wildman–Crippen MR) is 69.5 cm³/mol. The van der Waals surface area contributed by atoms with Crippen LogP contribution in [-0.4, -0.2) is 24.9 Å². The van der Waals surface area contributed by atoms with Gasteiger partial charge in [0.25, 0.3) is 5.91 Å². The SMILES string of the molecule is COC(=O)CCCC(=O)Nc1ccccc1C(N)=O. The molecule has 19 heavy (non-hydrogen) atoms. The molecule has 0 spiro atoms. The van der Waals surface area contributed by atoms with Crippen molar-refractivity contribution in [3.63, 3.8) is 0 Å². The molecule has 0 unspecified atom stereocenters. The number of amides is 2. The number of para-hydroxylation sites is 1. The van der Waals surface area contributed by atoms with E-state index in [1.54, 1.807) is 18.2 Å². The van der Waals surface area contributed by atoms with Gasteiger partial charge in [0.05, 0.1) is 18.4 Å². The average Bonchev–Trinajstić information content (AvgIpc) is 2.38. The lowest BCUT2D eigenvalue weighted by molar-refractivity contribution is -0.140. The number of nitrogens with one attached hydrogen (secondary N) is 1. The van der Waals surface area contributed by atoms with Crippen LogP contribution in [0, 0.1) is 0 Å². The Balaban J connectivity index is 2.53. The summed E-state index contributed by atoms with van der Waals surface area (Å²) in [5.74, 6) is -1.24. The zero-order chi connectivity index (χ0) is 14.3. The van der Waals surface area contributed by atoms with E-state index in [1.165, 1.54) is 13.2 Å². The number of anilines is 1. The van der Waals surface area contributed by atoms with Crippen molar-refractivity contribution in [1.29, 1.82) is 0 Å². The number of methoxy groups -OCH3 is 1. The zero-order valence-electron chi connectivity index (χ0n) is 10.6. The molecule has 0 aliphatic carbocycles. The van der Waals surface area contributed by atoms with Gasteiger partial charge in [0.2, 0.25) is 5.91 Å². The van der Waals surface area contributed by atoms with Gasteiger partial charge in [0.1, 0.15) is 0 Å². The smallest absolute Gasteiger partial charge is 0.305 e. The van der Waals surface area contributed by atoms with Crippen LogP contribution in [0.3, 0.4) is 0 Å². The van der Waals surface area contributed by atoms with Gasteiger partial charge in [-0.15, -0.1) is 0 Å². The molecule has 6 nitrogen and oxygen atoms in total. The van der Waals surface area contributed by atoms with Crippen molar-refractivity contribution < 1.29 is 19.1 Å². The number of nitrogens with two attached hydrogens (primary N) is 1. The summed E-state index contributed by atoms with van der Waals surface area (Å²) >= 11 is 0. The molecule has 0 aromatic heterocycles. The number of benzene rings is 1. The molecule has 6 heteroatoms. The van der Waals surface area contributed by atoms with Gasteiger partial charge in [-0.1, -0.05) is 12.1 Å². The minimum atomic E-state index is -0.606. The lowest BCUT2D eigenvalue weighted by Crippen LogP contribution is -2.18. The number of esters is 1. The summed E-state index contributed by atoms with van der Waals surface area (Å²) in [7, 11) is 1.30. The van der Waals surface area contributed by atoms with Crippen molar-refractivity contribution in [3.05, 3.63) is 29.8 Å². The van der Waals surface area contributed by atoms with Crippen LogP contribution in [0.5, 0.6) is 0 Å². The highest BCUT2D eigenvalue weighted by molar-refractivity contribution is 6.02. The summed E-state index contributed by atoms with van der Waals surface area (Å²) in [5.41, 5.74) is 5.82. The van der Waals surface area contributed by atoms with E-state index in [4.69, 9.17) is 5.73 Å². The highest BCUT2D eigenvalue weighted by atomic mass is 16.5. The molecule has 2 amide bonds. The predicted octanol–water partition coefficient (Wildman–Crippen LogP) is 1.07. The first-order chi connectivity index (χ1) is 9.04. The van der Waals surface area contributed by atoms with E-state index in [9.17, 15) is 14.4 Å². The summed E-state index contributed by atoms with van der Waals surface area (Å²) in [5, 5.41) is 2.59. The fraction of sp³-hybridized carbons (Fsp3) is 0.308. The van der Waals surface area contributed by atoms with Crippen molar-refractivity contribution in [2.45, 2.75) is 19.3 Å². The van der Waals surface area contributed by atoms with Gasteiger partial charge in [0, 0.05) is 12.8 Å². The van der Waals surface area contributed by atoms with Gasteiger partial charge < -0.3 is 15.8 Å². The summed E-state index contributed by atoms with van der Waals surface area (Å²) in [6.45, 7) is 0. The van der Waals surface area contributed by atoms with E-state index in [2.05, 4.69) is 10.1 Å². The minimum Gasteiger partial charge on any atom is -0.469 e. The van der Waals surface area contributed by atoms with Crippen molar-refractivity contribution >= 4 is 23.5 Å². The largest absolute Gasteiger partial charge is 0.469 e. The highest BCUT2D eigenvalue weighted by Crippen LogP contribution is 2.14. The molecule has 1 rings (SSSR count). The molecule has 102 valence electrons. The van der Waals surface area contributed by atoms with Gasteiger partial charge in [-0.25, -0.2) is 0 Å². The molecule has 0 bridgehead atoms. The monoisotopic (exact) mass is 264 g/mol. The molecule has 0 aliphatic heterocycles. The molecule has 0 atom stereocenters. The van der Waals surface area contributed by atoms with Gasteiger partial charge in [0.15, 0.2) is 0 Å². The maximum absolute atomic E-state index is 11.6. The molecular formula is C13H16N2O4. The third-order valence-electron chi connectivity index (χ3n) is 2.48. The molecular weight excluding hydrogens is 248 g/mol. The van der Waals surface area contributed by atoms with Crippen LogP contribution in [0.2, 0.25) is 0 Å². The van der Waals surface area contributed by atoms with Crippen molar-refractivity contribution in [2.24, 2.45) is 5.73 Å². The lowest BCUT2D eigenvalue weighted by Gasteiger charge is -2.08. The van der Waals surface area contributed by atoms with E-state index >= 15 is 0 Å². The Morgan fingerprint density at radius 1 is 1.21 bits per heavy atom. The first-order valence-electron chi connectivity index (χ1n) is 5.80. The summed E-state index contributed by atoms with van der Waals surface area (Å²) in [4.78, 5) is 33.7. The second kappa shape index (κ2) is 7.15. The van der Waals surface area contributed by atoms with Gasteiger partial charge in [-0.3, -0.25) is 14.4 Å². The van der Waals surface area contributed by atoms with Crippen molar-refractivity contribution in [3.8, 4) is 0 Å². The molecule has 3 N–H and O–H groups in total. The molecule has 1 aromatic carbocycles. The number of ether oxygens (including phenoxy) is 1. The summed E-state index contributed by atoms with van der Waals surface area (Å²) < 4.78 is 4.47. The van der Waals surface area contributed by atoms with Crippen LogP contribution >= 0.6 is 0 Å². The maximum atomic E-state index is 11.6. The molecule has 1 aromatic rings. The number of carbonyl (C=O) groups excluding carboxylic acids is 3. The Morgan fingerprint density at radius 3 is 2.53 bits per heavy atom. The van der Waals surface area contributed by atoms with E-state index in [0.29, 0.717) is 12.1 Å². The Morgan fingerprint density at radius 2 is 1.89 bits per heavy atom. The summed E-state index contributed by atoms with van der Waals surface area (Å²) in [6.07, 6.45) is 0.737. The molecule has 0 fully saturated rings. The molecule has 0 saturated carbocycles. The van der Waals surface area contributed by atoms with Gasteiger partial charge >= 0.3 is 5.97 Å². The Hall–Kier alpha value is -2.37. The van der Waals surface area contributed by atoms with Crippen LogP contribution in [0.1, 0.15) is 29.6 Å². The average molecular weight is 264 g/mol. The number of hydrogen-bond donors (Lipinski definition) is 2. The molecule has 0 saturated heterocycles. The van der Waals surface area contributed by atoms with E-state index < -0.39 is 5.91 Å². The minimum absolute atomic E-state index is 0.169. The molecule has 0 radical (unpaired) electrons. The lowest BCUT2D eigenvalue weighted by atomic mass is 10.1. The van der Waals surface area contributed by atoms with Crippen LogP contribution in [0.25, 0.3) is 0 Å². The van der Waals surface area contributed by atoms with Crippen LogP contribution in [-0.2, 0) is 14.3 Å². The maximum Gasteiger partial charge on any atom is 0.305 e. The Kier molecular flexibility index (Phi) is 5.53. The quantitative estimate of drug-likeness (QED) is 0.751. The molecule has 0 aliphatic rings. The van der Waals surface area contributed by atoms with Crippen LogP contribution in [0.4, 0.5) is 5.69 Å². The normalized spacial score (nSPS) is 9.74. The van der Waals surface area contributed by atoms with Crippen LogP contribution < -0.4 is 11.1 Å². The molecule has 0 heterocycles. The number of primary amides is 1. The first kappa shape index (κ1) is 14.7. The zero-order valence-corrected chi connectivity index (χ0v) is 10.6. The second-order valence-electron chi connectivity index (χ2n) is 3.89. The summed E-state index contributed by atoms with van der Waals surface area (Å²) in [6, 6.07) is 6.48. The highest BCUT2D eigenvalue weighted by Gasteiger charge is 2.10. The van der Waals surface area contributed by atoms with Crippen LogP contribution in [0.15, 0.2) is 24.3 Å². The van der Waals surface area contributed by atoms with Gasteiger partial charge in [-0.2, -0.15) is 0 Å². The van der Waals surface area contributed by atoms with E-state index in [-0.39, 0.29) is 30.3 Å². The number of hydrogen-bond acceptors (Lipinski definition) is 4. The van der Waals surface area contributed by atoms with E-state index in [1.807, 2.05) is 0 Å². The van der Waals surface area contributed by atoms with Gasteiger partial charge in [-0.05, 0) is 18.6 Å². The second-order valence-corrected chi connectivity index (χ2v) is 3.89. The number of rotatable bonds is 6. The fourth-order valence-corrected chi connectivity index (χ4v) is 1.52. The first-order valence-corrected chi connectivity index (χ1v) is 5.80. The topological polar surface area (TPSA) is 98.5 Å². The third kappa shape index (κ3) is 4.79. The van der Waals surface area contributed by atoms with E-state index in [0.717, 1.165) is 0 Å². The van der Waals surface area contributed by atoms with Crippen molar-refractivity contribution in [1.82, 2.24) is 0 Å². The Labute approximate surface area is 110 Å². The number of carbonyl (C=O) groups is 3. The third-order valence-corrected chi connectivity index (χ3v) is 2.48. The Bertz CT molecular complexity index is 485. The van der Waals surface area contributed by atoms with Crippen molar-refractivity contribution in [2.75, 3.05) is 12.4 Å².